The van der Waals surface area contributed by atoms with Crippen LogP contribution in [0.15, 0.2) is 35.9 Å². The zero-order valence-corrected chi connectivity index (χ0v) is 18.1. The molecule has 1 saturated heterocycles. The number of rotatable bonds is 6. The molecule has 7 nitrogen and oxygen atoms in total. The van der Waals surface area contributed by atoms with Gasteiger partial charge in [-0.25, -0.2) is 4.98 Å². The van der Waals surface area contributed by atoms with Gasteiger partial charge in [-0.2, -0.15) is 0 Å². The molecule has 0 spiro atoms. The molecule has 1 unspecified atom stereocenters. The molecular weight excluding hydrogens is 400 g/mol. The first kappa shape index (κ1) is 20.7. The Morgan fingerprint density at radius 3 is 2.63 bits per heavy atom. The van der Waals surface area contributed by atoms with Gasteiger partial charge in [-0.3, -0.25) is 14.6 Å². The van der Waals surface area contributed by atoms with Crippen molar-refractivity contribution in [2.75, 3.05) is 26.2 Å². The molecule has 0 saturated carbocycles. The molecule has 2 aromatic heterocycles. The fourth-order valence-corrected chi connectivity index (χ4v) is 5.17. The van der Waals surface area contributed by atoms with E-state index in [-0.39, 0.29) is 11.4 Å². The van der Waals surface area contributed by atoms with Crippen molar-refractivity contribution in [3.63, 3.8) is 0 Å². The largest absolute Gasteiger partial charge is 0.503 e. The Kier molecular flexibility index (Phi) is 5.97. The third kappa shape index (κ3) is 3.89. The molecule has 0 radical (unpaired) electrons. The number of pyridine rings is 1. The number of thiazole rings is 1. The van der Waals surface area contributed by atoms with Gasteiger partial charge in [0, 0.05) is 25.5 Å². The van der Waals surface area contributed by atoms with E-state index in [1.54, 1.807) is 30.3 Å². The van der Waals surface area contributed by atoms with Crippen molar-refractivity contribution in [2.45, 2.75) is 39.2 Å². The van der Waals surface area contributed by atoms with Crippen molar-refractivity contribution in [1.82, 2.24) is 19.8 Å². The molecule has 1 atom stereocenters. The van der Waals surface area contributed by atoms with Crippen LogP contribution in [0.2, 0.25) is 0 Å². The van der Waals surface area contributed by atoms with E-state index >= 15 is 0 Å². The second-order valence-electron chi connectivity index (χ2n) is 7.83. The number of ketones is 1. The van der Waals surface area contributed by atoms with Gasteiger partial charge >= 0.3 is 0 Å². The summed E-state index contributed by atoms with van der Waals surface area (Å²) in [4.78, 5) is 39.4. The first-order valence-corrected chi connectivity index (χ1v) is 11.1. The van der Waals surface area contributed by atoms with Gasteiger partial charge in [0.2, 0.25) is 5.78 Å². The predicted molar refractivity (Wildman–Crippen MR) is 115 cm³/mol. The number of Topliss-reactive ketones (excluding diaryl/α,β-unsaturated/α-hetero) is 1. The summed E-state index contributed by atoms with van der Waals surface area (Å²) >= 11 is 1.29. The van der Waals surface area contributed by atoms with Crippen LogP contribution in [0.3, 0.4) is 0 Å². The van der Waals surface area contributed by atoms with E-state index in [1.807, 2.05) is 13.0 Å². The van der Waals surface area contributed by atoms with E-state index in [9.17, 15) is 14.7 Å². The van der Waals surface area contributed by atoms with Crippen molar-refractivity contribution in [2.24, 2.45) is 0 Å². The van der Waals surface area contributed by atoms with Crippen molar-refractivity contribution in [3.05, 3.63) is 57.0 Å². The lowest BCUT2D eigenvalue weighted by Crippen LogP contribution is -2.40. The van der Waals surface area contributed by atoms with Crippen LogP contribution in [0.1, 0.15) is 51.2 Å². The van der Waals surface area contributed by atoms with Gasteiger partial charge in [0.1, 0.15) is 0 Å². The number of amides is 1. The molecule has 0 bridgehead atoms. The van der Waals surface area contributed by atoms with Crippen molar-refractivity contribution < 1.29 is 14.7 Å². The van der Waals surface area contributed by atoms with Crippen LogP contribution in [0.5, 0.6) is 0 Å². The second-order valence-corrected chi connectivity index (χ2v) is 9.03. The van der Waals surface area contributed by atoms with E-state index in [0.717, 1.165) is 43.0 Å². The Labute approximate surface area is 180 Å². The minimum atomic E-state index is -0.648. The highest BCUT2D eigenvalue weighted by Gasteiger charge is 2.44. The number of aromatic nitrogens is 2. The molecule has 30 heavy (non-hydrogen) atoms. The summed E-state index contributed by atoms with van der Waals surface area (Å²) in [6, 6.07) is 2.97. The molecule has 2 aliphatic heterocycles. The van der Waals surface area contributed by atoms with Gasteiger partial charge in [0.25, 0.3) is 5.91 Å². The molecular formula is C22H26N4O3S. The number of aryl methyl sites for hydroxylation is 2. The Morgan fingerprint density at radius 2 is 2.00 bits per heavy atom. The molecule has 2 aliphatic rings. The molecule has 1 N–H and O–H groups in total. The van der Waals surface area contributed by atoms with Gasteiger partial charge in [0.05, 0.1) is 27.2 Å². The zero-order chi connectivity index (χ0) is 21.3. The minimum absolute atomic E-state index is 0.124. The van der Waals surface area contributed by atoms with Gasteiger partial charge in [-0.15, -0.1) is 11.3 Å². The summed E-state index contributed by atoms with van der Waals surface area (Å²) < 4.78 is 0. The maximum absolute atomic E-state index is 13.4. The molecule has 4 rings (SSSR count). The second kappa shape index (κ2) is 8.65. The Balaban J connectivity index is 1.67. The number of aliphatic hydroxyl groups excluding tert-OH is 1. The van der Waals surface area contributed by atoms with Crippen molar-refractivity contribution in [1.29, 1.82) is 0 Å². The van der Waals surface area contributed by atoms with Crippen molar-refractivity contribution >= 4 is 23.0 Å². The number of carbonyl (C=O) groups excluding carboxylic acids is 2. The summed E-state index contributed by atoms with van der Waals surface area (Å²) in [6.45, 7) is 6.81. The highest BCUT2D eigenvalue weighted by atomic mass is 32.1. The van der Waals surface area contributed by atoms with Crippen LogP contribution < -0.4 is 0 Å². The fourth-order valence-electron chi connectivity index (χ4n) is 4.30. The highest BCUT2D eigenvalue weighted by Crippen LogP contribution is 2.39. The maximum atomic E-state index is 13.4. The van der Waals surface area contributed by atoms with E-state index in [0.29, 0.717) is 17.1 Å². The van der Waals surface area contributed by atoms with E-state index in [2.05, 4.69) is 14.9 Å². The van der Waals surface area contributed by atoms with E-state index in [4.69, 9.17) is 0 Å². The summed E-state index contributed by atoms with van der Waals surface area (Å²) in [5.74, 6) is -1.29. The topological polar surface area (TPSA) is 86.6 Å². The van der Waals surface area contributed by atoms with Gasteiger partial charge in [-0.1, -0.05) is 12.5 Å². The Morgan fingerprint density at radius 1 is 1.23 bits per heavy atom. The third-order valence-corrected chi connectivity index (χ3v) is 6.84. The third-order valence-electron chi connectivity index (χ3n) is 5.76. The zero-order valence-electron chi connectivity index (χ0n) is 17.3. The van der Waals surface area contributed by atoms with Crippen molar-refractivity contribution in [3.8, 4) is 0 Å². The average Bonchev–Trinajstić information content (AvgIpc) is 3.23. The standard InChI is InChI=1S/C22H26N4O3S/c1-14-21(30-15(2)24-14)19(27)17-18(16-7-6-8-23-13-16)26(22(29)20(17)28)12-11-25-9-4-3-5-10-25/h6-8,13,18,28H,3-5,9-12H2,1-2H3. The van der Waals surface area contributed by atoms with E-state index < -0.39 is 17.7 Å². The molecule has 1 amide bonds. The number of piperidine rings is 1. The molecule has 0 aromatic carbocycles. The van der Waals surface area contributed by atoms with Crippen LogP contribution in [0.4, 0.5) is 0 Å². The first-order chi connectivity index (χ1) is 14.5. The first-order valence-electron chi connectivity index (χ1n) is 10.3. The number of aliphatic hydroxyl groups is 1. The lowest BCUT2D eigenvalue weighted by molar-refractivity contribution is -0.129. The fraction of sp³-hybridized carbons (Fsp3) is 0.455. The smallest absolute Gasteiger partial charge is 0.290 e. The van der Waals surface area contributed by atoms with Crippen LogP contribution in [0, 0.1) is 13.8 Å². The lowest BCUT2D eigenvalue weighted by atomic mass is 9.96. The summed E-state index contributed by atoms with van der Waals surface area (Å²) in [6.07, 6.45) is 6.88. The molecule has 158 valence electrons. The van der Waals surface area contributed by atoms with Gasteiger partial charge < -0.3 is 14.9 Å². The monoisotopic (exact) mass is 426 g/mol. The molecule has 0 aliphatic carbocycles. The minimum Gasteiger partial charge on any atom is -0.503 e. The maximum Gasteiger partial charge on any atom is 0.290 e. The van der Waals surface area contributed by atoms with Crippen LogP contribution in [-0.2, 0) is 4.79 Å². The molecule has 8 heteroatoms. The number of hydrogen-bond donors (Lipinski definition) is 1. The quantitative estimate of drug-likeness (QED) is 0.714. The number of likely N-dealkylation sites (tertiary alicyclic amines) is 1. The van der Waals surface area contributed by atoms with Gasteiger partial charge in [-0.05, 0) is 51.4 Å². The normalized spacial score (nSPS) is 20.3. The number of nitrogens with zero attached hydrogens (tertiary/aromatic N) is 4. The van der Waals surface area contributed by atoms with Crippen LogP contribution in [0.25, 0.3) is 0 Å². The van der Waals surface area contributed by atoms with Crippen LogP contribution in [-0.4, -0.2) is 62.7 Å². The van der Waals surface area contributed by atoms with Gasteiger partial charge in [0.15, 0.2) is 5.76 Å². The average molecular weight is 427 g/mol. The summed E-state index contributed by atoms with van der Waals surface area (Å²) in [5.41, 5.74) is 1.46. The summed E-state index contributed by atoms with van der Waals surface area (Å²) in [5, 5.41) is 11.5. The number of hydrogen-bond acceptors (Lipinski definition) is 7. The Hall–Kier alpha value is -2.58. The highest BCUT2D eigenvalue weighted by molar-refractivity contribution is 7.14. The predicted octanol–water partition coefficient (Wildman–Crippen LogP) is 3.22. The summed E-state index contributed by atoms with van der Waals surface area (Å²) in [7, 11) is 0. The van der Waals surface area contributed by atoms with E-state index in [1.165, 1.54) is 17.8 Å². The molecule has 4 heterocycles. The molecule has 1 fully saturated rings. The molecule has 2 aromatic rings. The SMILES string of the molecule is Cc1nc(C)c(C(=O)C2=C(O)C(=O)N(CCN3CCCCC3)C2c2cccnc2)s1. The Bertz CT molecular complexity index is 980. The van der Waals surface area contributed by atoms with Crippen LogP contribution >= 0.6 is 11.3 Å². The lowest BCUT2D eigenvalue weighted by Gasteiger charge is -2.31. The number of carbonyl (C=O) groups is 2.